The van der Waals surface area contributed by atoms with Crippen LogP contribution in [0, 0.1) is 10.5 Å². The molecule has 0 fully saturated rings. The van der Waals surface area contributed by atoms with Gasteiger partial charge in [-0.1, -0.05) is 12.1 Å². The van der Waals surface area contributed by atoms with Crippen LogP contribution in [0.15, 0.2) is 30.3 Å². The maximum absolute atomic E-state index is 12.2. The second-order valence-electron chi connectivity index (χ2n) is 4.28. The summed E-state index contributed by atoms with van der Waals surface area (Å²) < 4.78 is 5.87. The molecular formula is C15H14INO3S. The van der Waals surface area contributed by atoms with E-state index in [0.29, 0.717) is 22.0 Å². The number of benzene rings is 1. The van der Waals surface area contributed by atoms with Crippen LogP contribution in [-0.2, 0) is 4.74 Å². The third kappa shape index (κ3) is 3.82. The predicted molar refractivity (Wildman–Crippen MR) is 92.1 cm³/mol. The molecule has 0 spiro atoms. The first-order valence-corrected chi connectivity index (χ1v) is 8.26. The van der Waals surface area contributed by atoms with Gasteiger partial charge in [0, 0.05) is 3.57 Å². The van der Waals surface area contributed by atoms with Crippen molar-refractivity contribution in [3.63, 3.8) is 0 Å². The molecule has 0 aliphatic rings. The molecule has 0 saturated carbocycles. The number of aryl methyl sites for hydroxylation is 1. The Morgan fingerprint density at radius 3 is 2.71 bits per heavy atom. The number of esters is 1. The molecule has 0 atom stereocenters. The molecule has 6 heteroatoms. The number of halogens is 1. The molecule has 1 N–H and O–H groups in total. The Kier molecular flexibility index (Phi) is 5.35. The van der Waals surface area contributed by atoms with Gasteiger partial charge in [0.2, 0.25) is 0 Å². The topological polar surface area (TPSA) is 55.4 Å². The molecule has 2 rings (SSSR count). The van der Waals surface area contributed by atoms with Gasteiger partial charge in [-0.15, -0.1) is 11.3 Å². The lowest BCUT2D eigenvalue weighted by Crippen LogP contribution is -2.12. The minimum Gasteiger partial charge on any atom is -0.462 e. The average Bonchev–Trinajstić information content (AvgIpc) is 2.80. The van der Waals surface area contributed by atoms with Crippen molar-refractivity contribution in [3.05, 3.63) is 49.9 Å². The summed E-state index contributed by atoms with van der Waals surface area (Å²) in [6.07, 6.45) is 0. The fourth-order valence-corrected chi connectivity index (χ4v) is 3.36. The van der Waals surface area contributed by atoms with Gasteiger partial charge in [0.05, 0.1) is 17.2 Å². The van der Waals surface area contributed by atoms with E-state index in [4.69, 9.17) is 4.74 Å². The molecule has 0 radical (unpaired) electrons. The molecule has 0 aliphatic heterocycles. The maximum Gasteiger partial charge on any atom is 0.348 e. The Bertz CT molecular complexity index is 681. The average molecular weight is 415 g/mol. The van der Waals surface area contributed by atoms with E-state index in [1.807, 2.05) is 25.1 Å². The molecule has 1 aromatic heterocycles. The zero-order chi connectivity index (χ0) is 15.4. The fourth-order valence-electron chi connectivity index (χ4n) is 1.77. The molecule has 0 aliphatic carbocycles. The molecule has 21 heavy (non-hydrogen) atoms. The van der Waals surface area contributed by atoms with Gasteiger partial charge in [0.1, 0.15) is 4.88 Å². The van der Waals surface area contributed by atoms with Crippen molar-refractivity contribution in [3.8, 4) is 0 Å². The number of carbonyl (C=O) groups excluding carboxylic acids is 2. The van der Waals surface area contributed by atoms with Crippen LogP contribution in [0.25, 0.3) is 0 Å². The fraction of sp³-hybridized carbons (Fsp3) is 0.200. The minimum absolute atomic E-state index is 0.184. The summed E-state index contributed by atoms with van der Waals surface area (Å²) in [6, 6.07) is 9.13. The third-order valence-electron chi connectivity index (χ3n) is 2.73. The lowest BCUT2D eigenvalue weighted by Gasteiger charge is -2.04. The number of ether oxygens (including phenoxy) is 1. The summed E-state index contributed by atoms with van der Waals surface area (Å²) in [4.78, 5) is 24.5. The molecule has 0 unspecified atom stereocenters. The van der Waals surface area contributed by atoms with Crippen molar-refractivity contribution in [1.82, 2.24) is 0 Å². The van der Waals surface area contributed by atoms with E-state index in [-0.39, 0.29) is 11.9 Å². The van der Waals surface area contributed by atoms with Crippen LogP contribution in [-0.4, -0.2) is 18.5 Å². The normalized spacial score (nSPS) is 10.2. The van der Waals surface area contributed by atoms with Gasteiger partial charge in [-0.3, -0.25) is 4.79 Å². The molecule has 0 bridgehead atoms. The van der Waals surface area contributed by atoms with Gasteiger partial charge in [0.15, 0.2) is 0 Å². The van der Waals surface area contributed by atoms with E-state index in [1.165, 1.54) is 11.3 Å². The van der Waals surface area contributed by atoms with E-state index in [1.54, 1.807) is 19.1 Å². The monoisotopic (exact) mass is 415 g/mol. The number of hydrogen-bond donors (Lipinski definition) is 1. The molecule has 1 heterocycles. The number of thiophene rings is 1. The van der Waals surface area contributed by atoms with Crippen molar-refractivity contribution < 1.29 is 14.3 Å². The molecule has 2 aromatic rings. The SMILES string of the molecule is CCOC(=O)c1sc(NC(=O)c2ccccc2I)cc1C. The van der Waals surface area contributed by atoms with Gasteiger partial charge in [-0.2, -0.15) is 0 Å². The maximum atomic E-state index is 12.2. The molecule has 4 nitrogen and oxygen atoms in total. The van der Waals surface area contributed by atoms with Crippen molar-refractivity contribution in [1.29, 1.82) is 0 Å². The van der Waals surface area contributed by atoms with Gasteiger partial charge >= 0.3 is 5.97 Å². The number of rotatable bonds is 4. The first-order chi connectivity index (χ1) is 10.0. The number of amides is 1. The van der Waals surface area contributed by atoms with E-state index in [9.17, 15) is 9.59 Å². The first kappa shape index (κ1) is 16.0. The van der Waals surface area contributed by atoms with Gasteiger partial charge in [-0.25, -0.2) is 4.79 Å². The van der Waals surface area contributed by atoms with Crippen LogP contribution in [0.5, 0.6) is 0 Å². The van der Waals surface area contributed by atoms with E-state index in [0.717, 1.165) is 9.13 Å². The van der Waals surface area contributed by atoms with E-state index >= 15 is 0 Å². The highest BCUT2D eigenvalue weighted by Gasteiger charge is 2.17. The van der Waals surface area contributed by atoms with Gasteiger partial charge < -0.3 is 10.1 Å². The Labute approximate surface area is 140 Å². The molecule has 1 aromatic carbocycles. The predicted octanol–water partition coefficient (Wildman–Crippen LogP) is 4.09. The number of nitrogens with one attached hydrogen (secondary N) is 1. The zero-order valence-electron chi connectivity index (χ0n) is 11.6. The zero-order valence-corrected chi connectivity index (χ0v) is 14.6. The minimum atomic E-state index is -0.352. The highest BCUT2D eigenvalue weighted by atomic mass is 127. The quantitative estimate of drug-likeness (QED) is 0.605. The lowest BCUT2D eigenvalue weighted by atomic mass is 10.2. The van der Waals surface area contributed by atoms with Gasteiger partial charge in [0.25, 0.3) is 5.91 Å². The molecular weight excluding hydrogens is 401 g/mol. The Morgan fingerprint density at radius 2 is 2.05 bits per heavy atom. The highest BCUT2D eigenvalue weighted by Crippen LogP contribution is 2.28. The van der Waals surface area contributed by atoms with Crippen LogP contribution in [0.2, 0.25) is 0 Å². The summed E-state index contributed by atoms with van der Waals surface area (Å²) in [5.41, 5.74) is 1.42. The lowest BCUT2D eigenvalue weighted by molar-refractivity contribution is 0.0531. The summed E-state index contributed by atoms with van der Waals surface area (Å²) in [5, 5.41) is 3.46. The molecule has 0 saturated heterocycles. The highest BCUT2D eigenvalue weighted by molar-refractivity contribution is 14.1. The summed E-state index contributed by atoms with van der Waals surface area (Å²) in [6.45, 7) is 3.92. The Morgan fingerprint density at radius 1 is 1.33 bits per heavy atom. The largest absolute Gasteiger partial charge is 0.462 e. The van der Waals surface area contributed by atoms with Crippen LogP contribution >= 0.6 is 33.9 Å². The number of anilines is 1. The van der Waals surface area contributed by atoms with E-state index in [2.05, 4.69) is 27.9 Å². The van der Waals surface area contributed by atoms with Crippen molar-refractivity contribution in [2.75, 3.05) is 11.9 Å². The first-order valence-electron chi connectivity index (χ1n) is 6.36. The molecule has 1 amide bonds. The van der Waals surface area contributed by atoms with Crippen molar-refractivity contribution in [2.24, 2.45) is 0 Å². The number of carbonyl (C=O) groups is 2. The van der Waals surface area contributed by atoms with Crippen molar-refractivity contribution >= 4 is 50.8 Å². The van der Waals surface area contributed by atoms with Gasteiger partial charge in [-0.05, 0) is 60.2 Å². The summed E-state index contributed by atoms with van der Waals surface area (Å²) in [5.74, 6) is -0.536. The Balaban J connectivity index is 2.17. The summed E-state index contributed by atoms with van der Waals surface area (Å²) in [7, 11) is 0. The van der Waals surface area contributed by atoms with Crippen LogP contribution in [0.1, 0.15) is 32.5 Å². The van der Waals surface area contributed by atoms with Crippen LogP contribution in [0.4, 0.5) is 5.00 Å². The second-order valence-corrected chi connectivity index (χ2v) is 6.49. The molecule has 110 valence electrons. The van der Waals surface area contributed by atoms with Crippen LogP contribution < -0.4 is 5.32 Å². The van der Waals surface area contributed by atoms with Crippen molar-refractivity contribution in [2.45, 2.75) is 13.8 Å². The number of hydrogen-bond acceptors (Lipinski definition) is 4. The smallest absolute Gasteiger partial charge is 0.348 e. The third-order valence-corrected chi connectivity index (χ3v) is 4.81. The van der Waals surface area contributed by atoms with Crippen LogP contribution in [0.3, 0.4) is 0 Å². The second kappa shape index (κ2) is 7.04. The Hall–Kier alpha value is -1.41. The standard InChI is InChI=1S/C15H14INO3S/c1-3-20-15(19)13-9(2)8-12(21-13)17-14(18)10-6-4-5-7-11(10)16/h4-8H,3H2,1-2H3,(H,17,18). The van der Waals surface area contributed by atoms with E-state index < -0.39 is 0 Å². The summed E-state index contributed by atoms with van der Waals surface area (Å²) >= 11 is 3.35.